The lowest BCUT2D eigenvalue weighted by atomic mass is 10.1. The molecule has 1 aromatic rings. The van der Waals surface area contributed by atoms with Crippen molar-refractivity contribution in [2.45, 2.75) is 39.3 Å². The van der Waals surface area contributed by atoms with E-state index in [4.69, 9.17) is 4.74 Å². The molecule has 0 aliphatic carbocycles. The van der Waals surface area contributed by atoms with E-state index in [0.29, 0.717) is 31.0 Å². The molecule has 0 fully saturated rings. The quantitative estimate of drug-likeness (QED) is 0.799. The zero-order valence-corrected chi connectivity index (χ0v) is 11.0. The lowest BCUT2D eigenvalue weighted by molar-refractivity contribution is 0.200. The first-order valence-electron chi connectivity index (χ1n) is 5.73. The molecule has 5 heteroatoms. The fourth-order valence-corrected chi connectivity index (χ4v) is 1.27. The second-order valence-corrected chi connectivity index (χ2v) is 5.03. The molecule has 0 atom stereocenters. The number of aromatic amines is 1. The van der Waals surface area contributed by atoms with Crippen LogP contribution in [0.3, 0.4) is 0 Å². The first-order chi connectivity index (χ1) is 7.92. The Kier molecular flexibility index (Phi) is 4.84. The van der Waals surface area contributed by atoms with Crippen molar-refractivity contribution in [1.82, 2.24) is 15.3 Å². The van der Waals surface area contributed by atoms with E-state index < -0.39 is 0 Å². The average Bonchev–Trinajstić information content (AvgIpc) is 2.23. The number of rotatable bonds is 5. The number of methoxy groups -OCH3 is 1. The Labute approximate surface area is 102 Å². The number of H-pyrrole nitrogens is 1. The van der Waals surface area contributed by atoms with Crippen LogP contribution in [0, 0.1) is 0 Å². The van der Waals surface area contributed by atoms with Crippen molar-refractivity contribution in [2.75, 3.05) is 13.7 Å². The molecular weight excluding hydrogens is 218 g/mol. The summed E-state index contributed by atoms with van der Waals surface area (Å²) in [7, 11) is 1.62. The Bertz CT molecular complexity index is 407. The standard InChI is InChI=1S/C12H21N3O2/c1-12(2,3)14-8-9-7-13-10(5-6-17-4)15-11(9)16/h7,14H,5-6,8H2,1-4H3,(H,13,15,16). The summed E-state index contributed by atoms with van der Waals surface area (Å²) in [5.41, 5.74) is 0.560. The second kappa shape index (κ2) is 5.93. The summed E-state index contributed by atoms with van der Waals surface area (Å²) >= 11 is 0. The summed E-state index contributed by atoms with van der Waals surface area (Å²) in [6.07, 6.45) is 2.25. The Morgan fingerprint density at radius 2 is 2.18 bits per heavy atom. The number of ether oxygens (including phenoxy) is 1. The summed E-state index contributed by atoms with van der Waals surface area (Å²) in [6.45, 7) is 7.25. The van der Waals surface area contributed by atoms with Gasteiger partial charge in [-0.1, -0.05) is 0 Å². The third-order valence-corrected chi connectivity index (χ3v) is 2.28. The molecule has 5 nitrogen and oxygen atoms in total. The SMILES string of the molecule is COCCc1ncc(CNC(C)(C)C)c(=O)[nH]1. The lowest BCUT2D eigenvalue weighted by Gasteiger charge is -2.20. The zero-order valence-electron chi connectivity index (χ0n) is 11.0. The van der Waals surface area contributed by atoms with Gasteiger partial charge in [0.25, 0.3) is 5.56 Å². The topological polar surface area (TPSA) is 67.0 Å². The molecule has 96 valence electrons. The van der Waals surface area contributed by atoms with Gasteiger partial charge in [-0.3, -0.25) is 4.79 Å². The fourth-order valence-electron chi connectivity index (χ4n) is 1.27. The van der Waals surface area contributed by atoms with Gasteiger partial charge in [-0.2, -0.15) is 0 Å². The van der Waals surface area contributed by atoms with Crippen LogP contribution >= 0.6 is 0 Å². The molecule has 0 aliphatic heterocycles. The molecular formula is C12H21N3O2. The summed E-state index contributed by atoms with van der Waals surface area (Å²) in [4.78, 5) is 18.7. The lowest BCUT2D eigenvalue weighted by Crippen LogP contribution is -2.36. The number of aromatic nitrogens is 2. The van der Waals surface area contributed by atoms with Gasteiger partial charge in [0.1, 0.15) is 5.82 Å². The van der Waals surface area contributed by atoms with Crippen molar-refractivity contribution in [3.8, 4) is 0 Å². The number of nitrogens with zero attached hydrogens (tertiary/aromatic N) is 1. The highest BCUT2D eigenvalue weighted by Crippen LogP contribution is 2.00. The Morgan fingerprint density at radius 1 is 1.47 bits per heavy atom. The summed E-state index contributed by atoms with van der Waals surface area (Å²) < 4.78 is 4.93. The van der Waals surface area contributed by atoms with E-state index in [2.05, 4.69) is 36.1 Å². The molecule has 0 saturated carbocycles. The summed E-state index contributed by atoms with van der Waals surface area (Å²) in [5, 5.41) is 3.26. The highest BCUT2D eigenvalue weighted by atomic mass is 16.5. The number of hydrogen-bond donors (Lipinski definition) is 2. The van der Waals surface area contributed by atoms with E-state index in [-0.39, 0.29) is 11.1 Å². The molecule has 2 N–H and O–H groups in total. The van der Waals surface area contributed by atoms with Crippen molar-refractivity contribution in [1.29, 1.82) is 0 Å². The Balaban J connectivity index is 2.66. The van der Waals surface area contributed by atoms with Gasteiger partial charge >= 0.3 is 0 Å². The van der Waals surface area contributed by atoms with Crippen LogP contribution in [0.4, 0.5) is 0 Å². The average molecular weight is 239 g/mol. The van der Waals surface area contributed by atoms with Crippen LogP contribution in [-0.4, -0.2) is 29.2 Å². The molecule has 17 heavy (non-hydrogen) atoms. The molecule has 0 saturated heterocycles. The maximum atomic E-state index is 11.7. The predicted octanol–water partition coefficient (Wildman–Crippen LogP) is 0.847. The molecule has 0 spiro atoms. The maximum absolute atomic E-state index is 11.7. The minimum absolute atomic E-state index is 0.0127. The van der Waals surface area contributed by atoms with Crippen LogP contribution in [0.5, 0.6) is 0 Å². The Morgan fingerprint density at radius 3 is 2.71 bits per heavy atom. The van der Waals surface area contributed by atoms with Crippen molar-refractivity contribution in [2.24, 2.45) is 0 Å². The van der Waals surface area contributed by atoms with Crippen molar-refractivity contribution in [3.05, 3.63) is 27.9 Å². The minimum atomic E-state index is -0.0807. The monoisotopic (exact) mass is 239 g/mol. The zero-order chi connectivity index (χ0) is 12.9. The molecule has 1 aromatic heterocycles. The van der Waals surface area contributed by atoms with Gasteiger partial charge in [-0.15, -0.1) is 0 Å². The molecule has 0 aromatic carbocycles. The molecule has 1 heterocycles. The van der Waals surface area contributed by atoms with E-state index in [9.17, 15) is 4.79 Å². The minimum Gasteiger partial charge on any atom is -0.384 e. The van der Waals surface area contributed by atoms with Gasteiger partial charge in [-0.05, 0) is 20.8 Å². The molecule has 0 amide bonds. The number of hydrogen-bond acceptors (Lipinski definition) is 4. The van der Waals surface area contributed by atoms with Crippen LogP contribution in [-0.2, 0) is 17.7 Å². The van der Waals surface area contributed by atoms with Gasteiger partial charge in [-0.25, -0.2) is 4.98 Å². The van der Waals surface area contributed by atoms with Crippen molar-refractivity contribution in [3.63, 3.8) is 0 Å². The van der Waals surface area contributed by atoms with E-state index >= 15 is 0 Å². The van der Waals surface area contributed by atoms with Gasteiger partial charge in [0.05, 0.1) is 6.61 Å². The Hall–Kier alpha value is -1.20. The van der Waals surface area contributed by atoms with E-state index in [1.165, 1.54) is 0 Å². The number of nitrogens with one attached hydrogen (secondary N) is 2. The molecule has 0 radical (unpaired) electrons. The fraction of sp³-hybridized carbons (Fsp3) is 0.667. The van der Waals surface area contributed by atoms with Crippen LogP contribution in [0.1, 0.15) is 32.2 Å². The van der Waals surface area contributed by atoms with Crippen LogP contribution in [0.2, 0.25) is 0 Å². The van der Waals surface area contributed by atoms with Gasteiger partial charge in [0.15, 0.2) is 0 Å². The van der Waals surface area contributed by atoms with Gasteiger partial charge < -0.3 is 15.0 Å². The molecule has 0 bridgehead atoms. The van der Waals surface area contributed by atoms with E-state index in [0.717, 1.165) is 0 Å². The van der Waals surface area contributed by atoms with Crippen molar-refractivity contribution < 1.29 is 4.74 Å². The normalized spacial score (nSPS) is 11.8. The van der Waals surface area contributed by atoms with Crippen LogP contribution in [0.15, 0.2) is 11.0 Å². The van der Waals surface area contributed by atoms with E-state index in [1.807, 2.05) is 0 Å². The molecule has 1 rings (SSSR count). The van der Waals surface area contributed by atoms with Gasteiger partial charge in [0, 0.05) is 37.4 Å². The predicted molar refractivity (Wildman–Crippen MR) is 67.0 cm³/mol. The molecule has 0 aliphatic rings. The highest BCUT2D eigenvalue weighted by molar-refractivity contribution is 5.06. The first kappa shape index (κ1) is 13.9. The van der Waals surface area contributed by atoms with Crippen LogP contribution in [0.25, 0.3) is 0 Å². The maximum Gasteiger partial charge on any atom is 0.255 e. The third-order valence-electron chi connectivity index (χ3n) is 2.28. The van der Waals surface area contributed by atoms with Gasteiger partial charge in [0.2, 0.25) is 0 Å². The molecule has 0 unspecified atom stereocenters. The van der Waals surface area contributed by atoms with E-state index in [1.54, 1.807) is 13.3 Å². The highest BCUT2D eigenvalue weighted by Gasteiger charge is 2.10. The van der Waals surface area contributed by atoms with Crippen LogP contribution < -0.4 is 10.9 Å². The second-order valence-electron chi connectivity index (χ2n) is 5.03. The first-order valence-corrected chi connectivity index (χ1v) is 5.73. The third kappa shape index (κ3) is 5.10. The summed E-state index contributed by atoms with van der Waals surface area (Å²) in [5.74, 6) is 0.663. The summed E-state index contributed by atoms with van der Waals surface area (Å²) in [6, 6.07) is 0. The smallest absolute Gasteiger partial charge is 0.255 e. The largest absolute Gasteiger partial charge is 0.384 e. The van der Waals surface area contributed by atoms with Crippen molar-refractivity contribution >= 4 is 0 Å².